The van der Waals surface area contributed by atoms with Crippen LogP contribution in [0.5, 0.6) is 0 Å². The van der Waals surface area contributed by atoms with Crippen LogP contribution in [0.3, 0.4) is 0 Å². The normalized spacial score (nSPS) is 11.2. The molecule has 1 aromatic carbocycles. The molecular weight excluding hydrogens is 355 g/mol. The van der Waals surface area contributed by atoms with Crippen LogP contribution in [0, 0.1) is 10.1 Å². The number of halogens is 3. The molecule has 0 aliphatic rings. The van der Waals surface area contributed by atoms with Gasteiger partial charge >= 0.3 is 11.9 Å². The van der Waals surface area contributed by atoms with E-state index in [1.54, 1.807) is 0 Å². The highest BCUT2D eigenvalue weighted by Gasteiger charge is 2.31. The maximum atomic E-state index is 12.8. The number of nitrogens with one attached hydrogen (secondary N) is 2. The van der Waals surface area contributed by atoms with Crippen LogP contribution in [0.25, 0.3) is 0 Å². The number of hydrogen-bond donors (Lipinski definition) is 2. The lowest BCUT2D eigenvalue weighted by Crippen LogP contribution is -2.11. The molecule has 0 fully saturated rings. The van der Waals surface area contributed by atoms with Crippen molar-refractivity contribution < 1.29 is 22.8 Å². The summed E-state index contributed by atoms with van der Waals surface area (Å²) >= 11 is 0. The lowest BCUT2D eigenvalue weighted by Gasteiger charge is -2.12. The standard InChI is InChI=1S/C15H16F3N5O3/c1-26-7-3-6-19-13-12(23(24)25)14(21-9-20-13)22-11-5-2-4-10(8-11)15(16,17)18/h2,4-5,8-9H,3,6-7H2,1H3,(H2,19,20,21,22). The van der Waals surface area contributed by atoms with Gasteiger partial charge in [-0.1, -0.05) is 6.07 Å². The summed E-state index contributed by atoms with van der Waals surface area (Å²) in [5.74, 6) is -0.242. The molecule has 0 amide bonds. The molecule has 1 aromatic heterocycles. The van der Waals surface area contributed by atoms with E-state index >= 15 is 0 Å². The largest absolute Gasteiger partial charge is 0.416 e. The van der Waals surface area contributed by atoms with Crippen LogP contribution in [0.2, 0.25) is 0 Å². The predicted molar refractivity (Wildman–Crippen MR) is 88.4 cm³/mol. The van der Waals surface area contributed by atoms with Gasteiger partial charge < -0.3 is 15.4 Å². The number of rotatable bonds is 8. The number of alkyl halides is 3. The van der Waals surface area contributed by atoms with Gasteiger partial charge in [0.25, 0.3) is 0 Å². The molecule has 0 bridgehead atoms. The zero-order valence-electron chi connectivity index (χ0n) is 13.7. The highest BCUT2D eigenvalue weighted by atomic mass is 19.4. The third-order valence-electron chi connectivity index (χ3n) is 3.28. The van der Waals surface area contributed by atoms with E-state index in [-0.39, 0.29) is 17.3 Å². The first-order chi connectivity index (χ1) is 12.3. The fourth-order valence-electron chi connectivity index (χ4n) is 2.11. The molecule has 2 N–H and O–H groups in total. The molecule has 2 aromatic rings. The first-order valence-corrected chi connectivity index (χ1v) is 7.49. The summed E-state index contributed by atoms with van der Waals surface area (Å²) in [6, 6.07) is 4.30. The molecular formula is C15H16F3N5O3. The van der Waals surface area contributed by atoms with Crippen molar-refractivity contribution in [2.75, 3.05) is 30.9 Å². The number of benzene rings is 1. The molecule has 0 aliphatic heterocycles. The quantitative estimate of drug-likeness (QED) is 0.415. The summed E-state index contributed by atoms with van der Waals surface area (Å²) in [7, 11) is 1.53. The molecule has 2 rings (SSSR count). The van der Waals surface area contributed by atoms with Gasteiger partial charge in [0.05, 0.1) is 10.5 Å². The summed E-state index contributed by atoms with van der Waals surface area (Å²) in [6.45, 7) is 0.829. The van der Waals surface area contributed by atoms with Crippen LogP contribution >= 0.6 is 0 Å². The number of nitrogens with zero attached hydrogens (tertiary/aromatic N) is 3. The second-order valence-electron chi connectivity index (χ2n) is 5.15. The van der Waals surface area contributed by atoms with Crippen molar-refractivity contribution in [2.45, 2.75) is 12.6 Å². The van der Waals surface area contributed by atoms with E-state index in [9.17, 15) is 23.3 Å². The van der Waals surface area contributed by atoms with Gasteiger partial charge in [0.2, 0.25) is 11.6 Å². The Hall–Kier alpha value is -2.95. The van der Waals surface area contributed by atoms with E-state index in [1.165, 1.54) is 19.2 Å². The molecule has 140 valence electrons. The van der Waals surface area contributed by atoms with Crippen LogP contribution in [0.4, 0.5) is 36.2 Å². The van der Waals surface area contributed by atoms with Gasteiger partial charge in [0.15, 0.2) is 0 Å². The van der Waals surface area contributed by atoms with Crippen molar-refractivity contribution in [3.05, 3.63) is 46.3 Å². The molecule has 8 nitrogen and oxygen atoms in total. The van der Waals surface area contributed by atoms with Gasteiger partial charge in [-0.2, -0.15) is 13.2 Å². The van der Waals surface area contributed by atoms with Crippen LogP contribution in [-0.2, 0) is 10.9 Å². The van der Waals surface area contributed by atoms with Crippen molar-refractivity contribution in [2.24, 2.45) is 0 Å². The van der Waals surface area contributed by atoms with Crippen molar-refractivity contribution in [3.8, 4) is 0 Å². The van der Waals surface area contributed by atoms with E-state index in [4.69, 9.17) is 4.74 Å². The molecule has 11 heteroatoms. The maximum absolute atomic E-state index is 12.8. The Morgan fingerprint density at radius 3 is 2.65 bits per heavy atom. The van der Waals surface area contributed by atoms with Crippen molar-refractivity contribution in [1.29, 1.82) is 0 Å². The van der Waals surface area contributed by atoms with E-state index in [0.717, 1.165) is 18.5 Å². The Bertz CT molecular complexity index is 770. The molecule has 0 atom stereocenters. The van der Waals surface area contributed by atoms with Gasteiger partial charge in [0, 0.05) is 25.9 Å². The topological polar surface area (TPSA) is 102 Å². The van der Waals surface area contributed by atoms with Crippen LogP contribution in [0.15, 0.2) is 30.6 Å². The molecule has 0 aliphatic carbocycles. The Balaban J connectivity index is 2.27. The zero-order chi connectivity index (χ0) is 19.2. The number of ether oxygens (including phenoxy) is 1. The SMILES string of the molecule is COCCCNc1ncnc(Nc2cccc(C(F)(F)F)c2)c1[N+](=O)[O-]. The van der Waals surface area contributed by atoms with Crippen LogP contribution in [0.1, 0.15) is 12.0 Å². The van der Waals surface area contributed by atoms with Crippen molar-refractivity contribution in [3.63, 3.8) is 0 Å². The van der Waals surface area contributed by atoms with Crippen LogP contribution < -0.4 is 10.6 Å². The summed E-state index contributed by atoms with van der Waals surface area (Å²) in [5, 5.41) is 16.7. The predicted octanol–water partition coefficient (Wildman–Crippen LogP) is 3.60. The monoisotopic (exact) mass is 371 g/mol. The summed E-state index contributed by atoms with van der Waals surface area (Å²) in [5.41, 5.74) is -1.31. The van der Waals surface area contributed by atoms with E-state index in [0.29, 0.717) is 19.6 Å². The fraction of sp³-hybridized carbons (Fsp3) is 0.333. The smallest absolute Gasteiger partial charge is 0.385 e. The minimum Gasteiger partial charge on any atom is -0.385 e. The minimum absolute atomic E-state index is 0.0203. The van der Waals surface area contributed by atoms with E-state index in [1.807, 2.05) is 0 Å². The average Bonchev–Trinajstić information content (AvgIpc) is 2.58. The van der Waals surface area contributed by atoms with Gasteiger partial charge in [-0.15, -0.1) is 0 Å². The summed E-state index contributed by atoms with van der Waals surface area (Å²) in [4.78, 5) is 18.3. The third-order valence-corrected chi connectivity index (χ3v) is 3.28. The lowest BCUT2D eigenvalue weighted by molar-refractivity contribution is -0.383. The number of aromatic nitrogens is 2. The van der Waals surface area contributed by atoms with Crippen molar-refractivity contribution >= 4 is 23.0 Å². The van der Waals surface area contributed by atoms with E-state index < -0.39 is 22.4 Å². The first kappa shape index (κ1) is 19.4. The highest BCUT2D eigenvalue weighted by molar-refractivity contribution is 5.73. The molecule has 0 unspecified atom stereocenters. The average molecular weight is 371 g/mol. The molecule has 1 heterocycles. The van der Waals surface area contributed by atoms with Gasteiger partial charge in [0.1, 0.15) is 6.33 Å². The first-order valence-electron chi connectivity index (χ1n) is 7.49. The fourth-order valence-corrected chi connectivity index (χ4v) is 2.11. The highest BCUT2D eigenvalue weighted by Crippen LogP contribution is 2.34. The molecule has 26 heavy (non-hydrogen) atoms. The van der Waals surface area contributed by atoms with Gasteiger partial charge in [-0.05, 0) is 24.6 Å². The zero-order valence-corrected chi connectivity index (χ0v) is 13.7. The molecule has 0 spiro atoms. The summed E-state index contributed by atoms with van der Waals surface area (Å²) in [6.07, 6.45) is -2.85. The molecule has 0 saturated heterocycles. The van der Waals surface area contributed by atoms with Gasteiger partial charge in [-0.3, -0.25) is 10.1 Å². The number of anilines is 3. The Kier molecular flexibility index (Phi) is 6.28. The van der Waals surface area contributed by atoms with E-state index in [2.05, 4.69) is 20.6 Å². The maximum Gasteiger partial charge on any atom is 0.416 e. The Morgan fingerprint density at radius 1 is 1.27 bits per heavy atom. The molecule has 0 saturated carbocycles. The Labute approximate surface area is 146 Å². The number of methoxy groups -OCH3 is 1. The van der Waals surface area contributed by atoms with Crippen molar-refractivity contribution in [1.82, 2.24) is 9.97 Å². The number of hydrogen-bond acceptors (Lipinski definition) is 7. The Morgan fingerprint density at radius 2 is 2.00 bits per heavy atom. The minimum atomic E-state index is -4.52. The molecule has 0 radical (unpaired) electrons. The number of nitro groups is 1. The van der Waals surface area contributed by atoms with Gasteiger partial charge in [-0.25, -0.2) is 9.97 Å². The third kappa shape index (κ3) is 5.02. The summed E-state index contributed by atoms with van der Waals surface area (Å²) < 4.78 is 43.3. The van der Waals surface area contributed by atoms with Crippen LogP contribution in [-0.4, -0.2) is 35.2 Å². The second kappa shape index (κ2) is 8.43. The lowest BCUT2D eigenvalue weighted by atomic mass is 10.2. The second-order valence-corrected chi connectivity index (χ2v) is 5.15.